The summed E-state index contributed by atoms with van der Waals surface area (Å²) in [5.74, 6) is 0. The summed E-state index contributed by atoms with van der Waals surface area (Å²) < 4.78 is 0. The van der Waals surface area contributed by atoms with Crippen molar-refractivity contribution in [2.24, 2.45) is 0 Å². The van der Waals surface area contributed by atoms with E-state index in [1.807, 2.05) is 19.1 Å². The summed E-state index contributed by atoms with van der Waals surface area (Å²) in [5, 5.41) is 22.4. The van der Waals surface area contributed by atoms with E-state index in [-0.39, 0.29) is 16.7 Å². The number of hydrogen-bond donors (Lipinski definition) is 1. The van der Waals surface area contributed by atoms with Gasteiger partial charge in [0.05, 0.1) is 11.0 Å². The molecule has 0 bridgehead atoms. The number of nitro groups is 1. The first-order chi connectivity index (χ1) is 8.06. The van der Waals surface area contributed by atoms with E-state index in [9.17, 15) is 10.1 Å². The molecule has 17 heavy (non-hydrogen) atoms. The molecule has 90 valence electrons. The Bertz CT molecular complexity index is 452. The molecule has 0 radical (unpaired) electrons. The van der Waals surface area contributed by atoms with Crippen molar-refractivity contribution in [2.45, 2.75) is 26.3 Å². The molecule has 5 heteroatoms. The van der Waals surface area contributed by atoms with Gasteiger partial charge in [0.15, 0.2) is 0 Å². The number of aryl methyl sites for hydroxylation is 1. The second-order valence-corrected chi connectivity index (χ2v) is 3.89. The number of benzene rings is 1. The third-order valence-electron chi connectivity index (χ3n) is 2.62. The maximum Gasteiger partial charge on any atom is 0.272 e. The zero-order valence-electron chi connectivity index (χ0n) is 9.93. The largest absolute Gasteiger partial charge is 0.309 e. The van der Waals surface area contributed by atoms with Crippen molar-refractivity contribution in [1.29, 1.82) is 5.26 Å². The van der Waals surface area contributed by atoms with E-state index in [1.165, 1.54) is 0 Å². The Morgan fingerprint density at radius 3 is 2.88 bits per heavy atom. The lowest BCUT2D eigenvalue weighted by molar-refractivity contribution is -0.385. The van der Waals surface area contributed by atoms with Crippen molar-refractivity contribution >= 4 is 5.69 Å². The van der Waals surface area contributed by atoms with Crippen molar-refractivity contribution in [3.8, 4) is 6.07 Å². The van der Waals surface area contributed by atoms with Gasteiger partial charge in [-0.1, -0.05) is 12.1 Å². The number of nitro benzene ring substituents is 1. The Balaban J connectivity index is 2.81. The highest BCUT2D eigenvalue weighted by Gasteiger charge is 2.13. The monoisotopic (exact) mass is 233 g/mol. The highest BCUT2D eigenvalue weighted by atomic mass is 16.6. The van der Waals surface area contributed by atoms with Crippen molar-refractivity contribution < 1.29 is 4.92 Å². The lowest BCUT2D eigenvalue weighted by Gasteiger charge is -2.13. The number of rotatable bonds is 5. The third-order valence-corrected chi connectivity index (χ3v) is 2.62. The average molecular weight is 233 g/mol. The fourth-order valence-corrected chi connectivity index (χ4v) is 1.55. The summed E-state index contributed by atoms with van der Waals surface area (Å²) in [6.07, 6.45) is 0.429. The van der Waals surface area contributed by atoms with Crippen molar-refractivity contribution in [1.82, 2.24) is 5.32 Å². The van der Waals surface area contributed by atoms with Gasteiger partial charge in [-0.25, -0.2) is 0 Å². The van der Waals surface area contributed by atoms with Gasteiger partial charge in [0.1, 0.15) is 0 Å². The van der Waals surface area contributed by atoms with E-state index < -0.39 is 0 Å². The normalized spacial score (nSPS) is 11.8. The molecule has 1 N–H and O–H groups in total. The third kappa shape index (κ3) is 3.54. The molecule has 0 aliphatic rings. The molecule has 0 saturated carbocycles. The first-order valence-corrected chi connectivity index (χ1v) is 5.41. The fourth-order valence-electron chi connectivity index (χ4n) is 1.55. The van der Waals surface area contributed by atoms with Gasteiger partial charge in [-0.2, -0.15) is 5.26 Å². The summed E-state index contributed by atoms with van der Waals surface area (Å²) in [6, 6.07) is 7.24. The van der Waals surface area contributed by atoms with E-state index in [4.69, 9.17) is 5.26 Å². The lowest BCUT2D eigenvalue weighted by Crippen LogP contribution is -2.19. The van der Waals surface area contributed by atoms with Gasteiger partial charge in [0.2, 0.25) is 0 Å². The smallest absolute Gasteiger partial charge is 0.272 e. The minimum absolute atomic E-state index is 0.00245. The van der Waals surface area contributed by atoms with Gasteiger partial charge in [-0.15, -0.1) is 0 Å². The molecule has 0 amide bonds. The zero-order valence-corrected chi connectivity index (χ0v) is 9.93. The van der Waals surface area contributed by atoms with E-state index in [2.05, 4.69) is 5.32 Å². The summed E-state index contributed by atoms with van der Waals surface area (Å²) in [4.78, 5) is 10.4. The SMILES string of the molecule is Cc1ccc(C(C)NCCC#N)cc1[N+](=O)[O-]. The van der Waals surface area contributed by atoms with Crippen molar-refractivity contribution in [3.63, 3.8) is 0 Å². The molecule has 0 aliphatic carbocycles. The Kier molecular flexibility index (Phi) is 4.61. The summed E-state index contributed by atoms with van der Waals surface area (Å²) in [6.45, 7) is 4.22. The molecule has 5 nitrogen and oxygen atoms in total. The second kappa shape index (κ2) is 5.97. The van der Waals surface area contributed by atoms with Crippen LogP contribution in [0.5, 0.6) is 0 Å². The maximum atomic E-state index is 10.8. The van der Waals surface area contributed by atoms with Gasteiger partial charge in [-0.3, -0.25) is 10.1 Å². The number of nitrogens with one attached hydrogen (secondary N) is 1. The minimum atomic E-state index is -0.374. The topological polar surface area (TPSA) is 79.0 Å². The first kappa shape index (κ1) is 13.1. The van der Waals surface area contributed by atoms with E-state index in [0.717, 1.165) is 5.56 Å². The van der Waals surface area contributed by atoms with Crippen LogP contribution in [0.15, 0.2) is 18.2 Å². The van der Waals surface area contributed by atoms with Gasteiger partial charge < -0.3 is 5.32 Å². The second-order valence-electron chi connectivity index (χ2n) is 3.89. The molecular formula is C12H15N3O2. The molecule has 1 aromatic rings. The lowest BCUT2D eigenvalue weighted by atomic mass is 10.0. The molecule has 1 rings (SSSR count). The van der Waals surface area contributed by atoms with Gasteiger partial charge in [0.25, 0.3) is 5.69 Å². The van der Waals surface area contributed by atoms with Crippen LogP contribution in [-0.2, 0) is 0 Å². The number of hydrogen-bond acceptors (Lipinski definition) is 4. The van der Waals surface area contributed by atoms with Crippen LogP contribution in [0.25, 0.3) is 0 Å². The Hall–Kier alpha value is -1.93. The zero-order chi connectivity index (χ0) is 12.8. The van der Waals surface area contributed by atoms with E-state index >= 15 is 0 Å². The Morgan fingerprint density at radius 1 is 1.59 bits per heavy atom. The Morgan fingerprint density at radius 2 is 2.29 bits per heavy atom. The first-order valence-electron chi connectivity index (χ1n) is 5.41. The fraction of sp³-hybridized carbons (Fsp3) is 0.417. The maximum absolute atomic E-state index is 10.8. The standard InChI is InChI=1S/C12H15N3O2/c1-9-4-5-11(8-12(9)15(16)17)10(2)14-7-3-6-13/h4-5,8,10,14H,3,7H2,1-2H3. The minimum Gasteiger partial charge on any atom is -0.309 e. The summed E-state index contributed by atoms with van der Waals surface area (Å²) in [7, 11) is 0. The molecule has 0 aromatic heterocycles. The Labute approximate surface area is 100 Å². The van der Waals surface area contributed by atoms with Crippen LogP contribution in [0.4, 0.5) is 5.69 Å². The van der Waals surface area contributed by atoms with Gasteiger partial charge >= 0.3 is 0 Å². The van der Waals surface area contributed by atoms with Crippen LogP contribution in [0.3, 0.4) is 0 Å². The van der Waals surface area contributed by atoms with Crippen LogP contribution in [0, 0.1) is 28.4 Å². The number of nitrogens with zero attached hydrogens (tertiary/aromatic N) is 2. The molecular weight excluding hydrogens is 218 g/mol. The quantitative estimate of drug-likeness (QED) is 0.481. The highest BCUT2D eigenvalue weighted by Crippen LogP contribution is 2.22. The molecule has 1 aromatic carbocycles. The van der Waals surface area contributed by atoms with E-state index in [1.54, 1.807) is 19.1 Å². The predicted molar refractivity (Wildman–Crippen MR) is 64.5 cm³/mol. The molecule has 1 unspecified atom stereocenters. The van der Waals surface area contributed by atoms with Crippen LogP contribution >= 0.6 is 0 Å². The number of nitriles is 1. The summed E-state index contributed by atoms with van der Waals surface area (Å²) in [5.41, 5.74) is 1.65. The average Bonchev–Trinajstić information content (AvgIpc) is 2.29. The van der Waals surface area contributed by atoms with Crippen LogP contribution in [0.1, 0.15) is 30.5 Å². The molecule has 0 spiro atoms. The van der Waals surface area contributed by atoms with Crippen LogP contribution in [-0.4, -0.2) is 11.5 Å². The van der Waals surface area contributed by atoms with Gasteiger partial charge in [0, 0.05) is 30.6 Å². The molecule has 0 saturated heterocycles. The van der Waals surface area contributed by atoms with Gasteiger partial charge in [-0.05, 0) is 19.4 Å². The van der Waals surface area contributed by atoms with Crippen LogP contribution < -0.4 is 5.32 Å². The van der Waals surface area contributed by atoms with Crippen molar-refractivity contribution in [2.75, 3.05) is 6.54 Å². The van der Waals surface area contributed by atoms with E-state index in [0.29, 0.717) is 18.5 Å². The molecule has 0 heterocycles. The predicted octanol–water partition coefficient (Wildman–Crippen LogP) is 2.47. The van der Waals surface area contributed by atoms with Crippen molar-refractivity contribution in [3.05, 3.63) is 39.4 Å². The molecule has 1 atom stereocenters. The molecule has 0 aliphatic heterocycles. The molecule has 0 fully saturated rings. The highest BCUT2D eigenvalue weighted by molar-refractivity contribution is 5.43. The summed E-state index contributed by atoms with van der Waals surface area (Å²) >= 11 is 0. The van der Waals surface area contributed by atoms with Crippen LogP contribution in [0.2, 0.25) is 0 Å².